The van der Waals surface area contributed by atoms with Crippen molar-refractivity contribution in [1.82, 2.24) is 16.0 Å². The molecule has 4 rings (SSSR count). The molecule has 11 nitrogen and oxygen atoms in total. The van der Waals surface area contributed by atoms with Crippen LogP contribution in [-0.4, -0.2) is 47.4 Å². The summed E-state index contributed by atoms with van der Waals surface area (Å²) in [5.41, 5.74) is 3.39. The van der Waals surface area contributed by atoms with Crippen LogP contribution in [-0.2, 0) is 37.4 Å². The normalized spacial score (nSPS) is 13.6. The number of carbonyl (C=O) groups excluding carboxylic acids is 3. The van der Waals surface area contributed by atoms with Crippen molar-refractivity contribution in [3.8, 4) is 0 Å². The molecule has 0 aliphatic heterocycles. The summed E-state index contributed by atoms with van der Waals surface area (Å²) in [6, 6.07) is 8.60. The number of aliphatic carboxylic acids is 1. The van der Waals surface area contributed by atoms with Gasteiger partial charge in [0.05, 0.1) is 24.8 Å². The number of carboxylic acid groups (broad SMARTS) is 1. The molecule has 47 heavy (non-hydrogen) atoms. The minimum Gasteiger partial charge on any atom is -0.480 e. The zero-order valence-electron chi connectivity index (χ0n) is 27.9. The van der Waals surface area contributed by atoms with Gasteiger partial charge in [-0.25, -0.2) is 9.59 Å². The Labute approximate surface area is 273 Å². The van der Waals surface area contributed by atoms with E-state index in [1.54, 1.807) is 44.4 Å². The lowest BCUT2D eigenvalue weighted by atomic mass is 9.86. The number of furan rings is 1. The molecule has 0 bridgehead atoms. The van der Waals surface area contributed by atoms with Gasteiger partial charge in [-0.05, 0) is 42.4 Å². The summed E-state index contributed by atoms with van der Waals surface area (Å²) >= 11 is 0. The average Bonchev–Trinajstić information content (AvgIpc) is 3.46. The van der Waals surface area contributed by atoms with Gasteiger partial charge in [-0.2, -0.15) is 0 Å². The number of hydrogen-bond acceptors (Lipinski definition) is 7. The van der Waals surface area contributed by atoms with Crippen LogP contribution >= 0.6 is 0 Å². The Balaban J connectivity index is 1.45. The fraction of sp³-hybridized carbons (Fsp3) is 0.417. The van der Waals surface area contributed by atoms with Gasteiger partial charge >= 0.3 is 11.6 Å². The minimum absolute atomic E-state index is 0.0750. The fourth-order valence-corrected chi connectivity index (χ4v) is 5.62. The molecule has 4 N–H and O–H groups in total. The summed E-state index contributed by atoms with van der Waals surface area (Å²) in [7, 11) is 0. The molecule has 2 aromatic heterocycles. The van der Waals surface area contributed by atoms with Crippen LogP contribution < -0.4 is 21.6 Å². The topological polar surface area (TPSA) is 168 Å². The van der Waals surface area contributed by atoms with Crippen LogP contribution in [0.3, 0.4) is 0 Å². The Morgan fingerprint density at radius 1 is 0.936 bits per heavy atom. The largest absolute Gasteiger partial charge is 0.480 e. The van der Waals surface area contributed by atoms with Crippen molar-refractivity contribution >= 4 is 45.6 Å². The van der Waals surface area contributed by atoms with E-state index in [1.807, 2.05) is 26.0 Å². The monoisotopic (exact) mass is 645 g/mol. The molecular formula is C36H43N3O8. The van der Waals surface area contributed by atoms with Crippen LogP contribution in [0.1, 0.15) is 68.9 Å². The van der Waals surface area contributed by atoms with E-state index in [9.17, 15) is 29.1 Å². The van der Waals surface area contributed by atoms with Gasteiger partial charge in [-0.15, -0.1) is 0 Å². The van der Waals surface area contributed by atoms with Crippen molar-refractivity contribution < 1.29 is 33.1 Å². The Hall–Kier alpha value is -4.93. The zero-order valence-corrected chi connectivity index (χ0v) is 27.9. The molecule has 0 saturated heterocycles. The van der Waals surface area contributed by atoms with Crippen LogP contribution in [0.5, 0.6) is 0 Å². The standard InChI is InChI=1S/C36H43N3O8/c1-8-19(2)30(33(42)38-27(34(43)44)14-22-12-10-9-11-13-22)39-29(41)17-37-28(40)16-24-20(3)23-15-25-26(36(5,6)7)18-46-31(25)21(4)32(23)47-35(24)45/h9-13,15,18-19,27,30H,8,14,16-17H2,1-7H3,(H,37,40)(H,38,42)(H,39,41)(H,43,44). The molecule has 250 valence electrons. The molecule has 0 saturated carbocycles. The predicted molar refractivity (Wildman–Crippen MR) is 178 cm³/mol. The van der Waals surface area contributed by atoms with Crippen molar-refractivity contribution in [2.45, 2.75) is 85.2 Å². The van der Waals surface area contributed by atoms with E-state index >= 15 is 0 Å². The first kappa shape index (κ1) is 34.9. The summed E-state index contributed by atoms with van der Waals surface area (Å²) in [4.78, 5) is 64.0. The SMILES string of the molecule is CCC(C)C(NC(=O)CNC(=O)Cc1c(C)c2cc3c(C(C)(C)C)coc3c(C)c2oc1=O)C(=O)NC(Cc1ccccc1)C(=O)O. The molecule has 0 aliphatic carbocycles. The number of rotatable bonds is 12. The van der Waals surface area contributed by atoms with Gasteiger partial charge in [0.1, 0.15) is 23.2 Å². The number of benzene rings is 2. The van der Waals surface area contributed by atoms with Crippen LogP contribution in [0, 0.1) is 19.8 Å². The second kappa shape index (κ2) is 14.2. The summed E-state index contributed by atoms with van der Waals surface area (Å²) < 4.78 is 11.5. The Bertz CT molecular complexity index is 1870. The van der Waals surface area contributed by atoms with Gasteiger partial charge in [0, 0.05) is 28.3 Å². The van der Waals surface area contributed by atoms with E-state index in [2.05, 4.69) is 36.7 Å². The Morgan fingerprint density at radius 2 is 1.62 bits per heavy atom. The quantitative estimate of drug-likeness (QED) is 0.164. The molecule has 3 amide bonds. The predicted octanol–water partition coefficient (Wildman–Crippen LogP) is 4.46. The van der Waals surface area contributed by atoms with Crippen molar-refractivity contribution in [3.05, 3.63) is 80.9 Å². The van der Waals surface area contributed by atoms with Gasteiger partial charge in [0.2, 0.25) is 17.7 Å². The highest BCUT2D eigenvalue weighted by atomic mass is 16.4. The maximum Gasteiger partial charge on any atom is 0.340 e. The lowest BCUT2D eigenvalue weighted by molar-refractivity contribution is -0.142. The molecular weight excluding hydrogens is 602 g/mol. The van der Waals surface area contributed by atoms with E-state index in [0.717, 1.165) is 16.5 Å². The fourth-order valence-electron chi connectivity index (χ4n) is 5.62. The number of nitrogens with one attached hydrogen (secondary N) is 3. The van der Waals surface area contributed by atoms with Gasteiger partial charge in [0.25, 0.3) is 0 Å². The maximum atomic E-state index is 13.2. The molecule has 2 aromatic carbocycles. The number of aryl methyl sites for hydroxylation is 2. The second-order valence-corrected chi connectivity index (χ2v) is 13.1. The van der Waals surface area contributed by atoms with Crippen LogP contribution in [0.25, 0.3) is 21.9 Å². The third kappa shape index (κ3) is 7.90. The molecule has 0 aliphatic rings. The van der Waals surface area contributed by atoms with Gasteiger partial charge < -0.3 is 29.9 Å². The Kier molecular flexibility index (Phi) is 10.6. The van der Waals surface area contributed by atoms with E-state index < -0.39 is 47.9 Å². The molecule has 0 spiro atoms. The number of hydrogen-bond donors (Lipinski definition) is 4. The first-order chi connectivity index (χ1) is 22.1. The molecule has 2 heterocycles. The van der Waals surface area contributed by atoms with E-state index in [0.29, 0.717) is 34.1 Å². The number of carboxylic acids is 1. The summed E-state index contributed by atoms with van der Waals surface area (Å²) in [6.07, 6.45) is 2.00. The maximum absolute atomic E-state index is 13.2. The molecule has 3 unspecified atom stereocenters. The van der Waals surface area contributed by atoms with E-state index in [4.69, 9.17) is 8.83 Å². The highest BCUT2D eigenvalue weighted by Crippen LogP contribution is 2.37. The van der Waals surface area contributed by atoms with Crippen molar-refractivity contribution in [1.29, 1.82) is 0 Å². The summed E-state index contributed by atoms with van der Waals surface area (Å²) in [5.74, 6) is -3.37. The second-order valence-electron chi connectivity index (χ2n) is 13.1. The van der Waals surface area contributed by atoms with E-state index in [1.165, 1.54) is 0 Å². The zero-order chi connectivity index (χ0) is 34.6. The van der Waals surface area contributed by atoms with Crippen LogP contribution in [0.4, 0.5) is 0 Å². The first-order valence-corrected chi connectivity index (χ1v) is 15.7. The highest BCUT2D eigenvalue weighted by molar-refractivity contribution is 6.00. The van der Waals surface area contributed by atoms with Gasteiger partial charge in [-0.1, -0.05) is 71.4 Å². The summed E-state index contributed by atoms with van der Waals surface area (Å²) in [5, 5.41) is 19.0. The highest BCUT2D eigenvalue weighted by Gasteiger charge is 2.30. The molecule has 11 heteroatoms. The first-order valence-electron chi connectivity index (χ1n) is 15.7. The lowest BCUT2D eigenvalue weighted by Crippen LogP contribution is -2.55. The average molecular weight is 646 g/mol. The van der Waals surface area contributed by atoms with Crippen molar-refractivity contribution in [2.75, 3.05) is 6.54 Å². The number of amides is 3. The molecule has 3 atom stereocenters. The number of carbonyl (C=O) groups is 4. The Morgan fingerprint density at radius 3 is 2.23 bits per heavy atom. The minimum atomic E-state index is -1.20. The third-order valence-corrected chi connectivity index (χ3v) is 8.64. The molecule has 0 radical (unpaired) electrons. The van der Waals surface area contributed by atoms with Gasteiger partial charge in [0.15, 0.2) is 0 Å². The van der Waals surface area contributed by atoms with Crippen molar-refractivity contribution in [2.24, 2.45) is 5.92 Å². The van der Waals surface area contributed by atoms with Crippen LogP contribution in [0.2, 0.25) is 0 Å². The molecule has 0 fully saturated rings. The lowest BCUT2D eigenvalue weighted by Gasteiger charge is -2.25. The number of fused-ring (bicyclic) bond motifs is 2. The summed E-state index contributed by atoms with van der Waals surface area (Å²) in [6.45, 7) is 13.0. The smallest absolute Gasteiger partial charge is 0.340 e. The van der Waals surface area contributed by atoms with Crippen molar-refractivity contribution in [3.63, 3.8) is 0 Å². The molecule has 4 aromatic rings. The van der Waals surface area contributed by atoms with E-state index in [-0.39, 0.29) is 29.7 Å². The van der Waals surface area contributed by atoms with Gasteiger partial charge in [-0.3, -0.25) is 14.4 Å². The third-order valence-electron chi connectivity index (χ3n) is 8.64. The van der Waals surface area contributed by atoms with Crippen LogP contribution in [0.15, 0.2) is 56.3 Å².